The van der Waals surface area contributed by atoms with Crippen molar-refractivity contribution in [3.05, 3.63) is 28.8 Å². The van der Waals surface area contributed by atoms with Crippen molar-refractivity contribution in [2.75, 3.05) is 0 Å². The minimum Gasteiger partial charge on any atom is -0.504 e. The highest BCUT2D eigenvalue weighted by molar-refractivity contribution is 5.84. The molecule has 0 heterocycles. The molecule has 3 heteroatoms. The maximum absolute atomic E-state index is 10.5. The Morgan fingerprint density at radius 3 is 2.71 bits per heavy atom. The third-order valence-electron chi connectivity index (χ3n) is 2.45. The molecule has 2 rings (SSSR count). The summed E-state index contributed by atoms with van der Waals surface area (Å²) in [6, 6.07) is 3.13. The molecule has 3 nitrogen and oxygen atoms in total. The van der Waals surface area contributed by atoms with E-state index < -0.39 is 0 Å². The Morgan fingerprint density at radius 1 is 1.21 bits per heavy atom. The quantitative estimate of drug-likeness (QED) is 0.522. The molecule has 0 saturated heterocycles. The summed E-state index contributed by atoms with van der Waals surface area (Å²) in [6.07, 6.45) is 3.78. The zero-order valence-electron chi connectivity index (χ0n) is 7.53. The second-order valence-electron chi connectivity index (χ2n) is 3.34. The number of aldehydes is 1. The van der Waals surface area contributed by atoms with E-state index in [2.05, 4.69) is 0 Å². The Balaban J connectivity index is 2.57. The molecule has 72 valence electrons. The molecular weight excluding hydrogens is 180 g/mol. The van der Waals surface area contributed by atoms with Gasteiger partial charge >= 0.3 is 0 Å². The topological polar surface area (TPSA) is 57.5 Å². The molecular formula is C11H10O3. The van der Waals surface area contributed by atoms with Crippen LogP contribution >= 0.6 is 0 Å². The number of fused-ring (bicyclic) bond motifs is 1. The van der Waals surface area contributed by atoms with E-state index in [0.717, 1.165) is 23.0 Å². The van der Waals surface area contributed by atoms with E-state index in [1.54, 1.807) is 12.1 Å². The van der Waals surface area contributed by atoms with E-state index in [-0.39, 0.29) is 11.5 Å². The van der Waals surface area contributed by atoms with Crippen LogP contribution in [0.2, 0.25) is 0 Å². The van der Waals surface area contributed by atoms with Gasteiger partial charge in [0.15, 0.2) is 11.5 Å². The first-order valence-electron chi connectivity index (χ1n) is 4.42. The standard InChI is InChI=1S/C11H10O3/c12-6-7-1-3-9-8(5-7)2-4-10(13)11(9)14/h2,4-6,13-14H,1,3H2. The second kappa shape index (κ2) is 3.18. The highest BCUT2D eigenvalue weighted by atomic mass is 16.3. The molecule has 0 aliphatic heterocycles. The van der Waals surface area contributed by atoms with E-state index in [1.807, 2.05) is 0 Å². The Bertz CT molecular complexity index is 419. The Morgan fingerprint density at radius 2 is 2.00 bits per heavy atom. The van der Waals surface area contributed by atoms with Crippen molar-refractivity contribution < 1.29 is 15.0 Å². The van der Waals surface area contributed by atoms with Gasteiger partial charge in [-0.2, -0.15) is 0 Å². The fourth-order valence-corrected chi connectivity index (χ4v) is 1.67. The molecule has 1 aliphatic carbocycles. The van der Waals surface area contributed by atoms with Crippen LogP contribution in [0.3, 0.4) is 0 Å². The zero-order chi connectivity index (χ0) is 10.1. The lowest BCUT2D eigenvalue weighted by molar-refractivity contribution is -0.105. The van der Waals surface area contributed by atoms with Gasteiger partial charge in [-0.1, -0.05) is 6.07 Å². The van der Waals surface area contributed by atoms with E-state index in [0.29, 0.717) is 12.8 Å². The number of carbonyl (C=O) groups is 1. The van der Waals surface area contributed by atoms with Crippen molar-refractivity contribution in [2.45, 2.75) is 12.8 Å². The number of allylic oxidation sites excluding steroid dienone is 1. The summed E-state index contributed by atoms with van der Waals surface area (Å²) in [5, 5.41) is 18.8. The molecule has 0 amide bonds. The summed E-state index contributed by atoms with van der Waals surface area (Å²) < 4.78 is 0. The molecule has 0 saturated carbocycles. The monoisotopic (exact) mass is 190 g/mol. The summed E-state index contributed by atoms with van der Waals surface area (Å²) in [6.45, 7) is 0. The van der Waals surface area contributed by atoms with Crippen LogP contribution in [-0.2, 0) is 11.2 Å². The molecule has 0 bridgehead atoms. The van der Waals surface area contributed by atoms with Gasteiger partial charge in [-0.05, 0) is 36.1 Å². The van der Waals surface area contributed by atoms with Crippen molar-refractivity contribution in [2.24, 2.45) is 0 Å². The van der Waals surface area contributed by atoms with Crippen molar-refractivity contribution in [1.29, 1.82) is 0 Å². The van der Waals surface area contributed by atoms with Crippen molar-refractivity contribution in [3.8, 4) is 11.5 Å². The lowest BCUT2D eigenvalue weighted by Gasteiger charge is -2.15. The van der Waals surface area contributed by atoms with Crippen LogP contribution in [-0.4, -0.2) is 16.5 Å². The molecule has 0 spiro atoms. The number of phenolic OH excluding ortho intramolecular Hbond substituents is 2. The largest absolute Gasteiger partial charge is 0.504 e. The molecule has 1 aliphatic rings. The molecule has 0 atom stereocenters. The van der Waals surface area contributed by atoms with E-state index >= 15 is 0 Å². The maximum Gasteiger partial charge on any atom is 0.161 e. The van der Waals surface area contributed by atoms with E-state index in [1.165, 1.54) is 6.07 Å². The zero-order valence-corrected chi connectivity index (χ0v) is 7.53. The molecule has 2 N–H and O–H groups in total. The van der Waals surface area contributed by atoms with Gasteiger partial charge in [-0.15, -0.1) is 0 Å². The highest BCUT2D eigenvalue weighted by Crippen LogP contribution is 2.36. The van der Waals surface area contributed by atoms with Gasteiger partial charge < -0.3 is 10.2 Å². The molecule has 0 aromatic heterocycles. The Hall–Kier alpha value is -1.77. The lowest BCUT2D eigenvalue weighted by Crippen LogP contribution is -2.00. The number of carbonyl (C=O) groups excluding carboxylic acids is 1. The van der Waals surface area contributed by atoms with Gasteiger partial charge in [0.05, 0.1) is 0 Å². The average Bonchev–Trinajstić information content (AvgIpc) is 2.23. The molecule has 0 fully saturated rings. The summed E-state index contributed by atoms with van der Waals surface area (Å²) in [7, 11) is 0. The molecule has 14 heavy (non-hydrogen) atoms. The highest BCUT2D eigenvalue weighted by Gasteiger charge is 2.15. The van der Waals surface area contributed by atoms with Gasteiger partial charge in [0.1, 0.15) is 6.29 Å². The molecule has 1 aromatic rings. The molecule has 0 unspecified atom stereocenters. The maximum atomic E-state index is 10.5. The summed E-state index contributed by atoms with van der Waals surface area (Å²) in [4.78, 5) is 10.5. The number of hydrogen-bond donors (Lipinski definition) is 2. The first kappa shape index (κ1) is 8.81. The summed E-state index contributed by atoms with van der Waals surface area (Å²) in [5.41, 5.74) is 2.26. The third-order valence-corrected chi connectivity index (χ3v) is 2.45. The second-order valence-corrected chi connectivity index (χ2v) is 3.34. The van der Waals surface area contributed by atoms with Gasteiger partial charge in [0.25, 0.3) is 0 Å². The fraction of sp³-hybridized carbons (Fsp3) is 0.182. The van der Waals surface area contributed by atoms with Crippen LogP contribution < -0.4 is 0 Å². The number of phenols is 2. The Kier molecular flexibility index (Phi) is 2.00. The van der Waals surface area contributed by atoms with Crippen LogP contribution in [0.1, 0.15) is 17.5 Å². The van der Waals surface area contributed by atoms with Crippen molar-refractivity contribution in [3.63, 3.8) is 0 Å². The van der Waals surface area contributed by atoms with Crippen LogP contribution in [0, 0.1) is 0 Å². The predicted octanol–water partition coefficient (Wildman–Crippen LogP) is 1.63. The van der Waals surface area contributed by atoms with Gasteiger partial charge in [0.2, 0.25) is 0 Å². The van der Waals surface area contributed by atoms with Crippen LogP contribution in [0.25, 0.3) is 6.08 Å². The number of hydrogen-bond acceptors (Lipinski definition) is 3. The van der Waals surface area contributed by atoms with Gasteiger partial charge in [-0.25, -0.2) is 0 Å². The van der Waals surface area contributed by atoms with Crippen LogP contribution in [0.5, 0.6) is 11.5 Å². The fourth-order valence-electron chi connectivity index (χ4n) is 1.67. The molecule has 1 aromatic carbocycles. The van der Waals surface area contributed by atoms with Gasteiger partial charge in [-0.3, -0.25) is 4.79 Å². The van der Waals surface area contributed by atoms with E-state index in [9.17, 15) is 15.0 Å². The minimum atomic E-state index is -0.105. The molecule has 0 radical (unpaired) electrons. The van der Waals surface area contributed by atoms with Gasteiger partial charge in [0, 0.05) is 5.56 Å². The SMILES string of the molecule is O=CC1=Cc2ccc(O)c(O)c2CC1. The van der Waals surface area contributed by atoms with Crippen molar-refractivity contribution >= 4 is 12.4 Å². The first-order valence-corrected chi connectivity index (χ1v) is 4.42. The first-order chi connectivity index (χ1) is 6.72. The number of aromatic hydroxyl groups is 2. The predicted molar refractivity (Wildman–Crippen MR) is 52.1 cm³/mol. The summed E-state index contributed by atoms with van der Waals surface area (Å²) >= 11 is 0. The van der Waals surface area contributed by atoms with Crippen molar-refractivity contribution in [1.82, 2.24) is 0 Å². The summed E-state index contributed by atoms with van der Waals surface area (Å²) in [5.74, 6) is -0.171. The van der Waals surface area contributed by atoms with E-state index in [4.69, 9.17) is 0 Å². The average molecular weight is 190 g/mol. The lowest BCUT2D eigenvalue weighted by atomic mass is 9.92. The van der Waals surface area contributed by atoms with Crippen LogP contribution in [0.4, 0.5) is 0 Å². The normalized spacial score (nSPS) is 14.4. The number of rotatable bonds is 1. The van der Waals surface area contributed by atoms with Crippen LogP contribution in [0.15, 0.2) is 17.7 Å². The minimum absolute atomic E-state index is 0.0660. The third kappa shape index (κ3) is 1.27. The number of benzene rings is 1. The smallest absolute Gasteiger partial charge is 0.161 e. The Labute approximate surface area is 81.3 Å².